The summed E-state index contributed by atoms with van der Waals surface area (Å²) in [5.74, 6) is -2.33. The van der Waals surface area contributed by atoms with Crippen molar-refractivity contribution in [1.82, 2.24) is 9.96 Å². The fourth-order valence-electron chi connectivity index (χ4n) is 20.1. The number of hydrogen-bond acceptors (Lipinski definition) is 25. The number of ether oxygens (including phenoxy) is 11. The summed E-state index contributed by atoms with van der Waals surface area (Å²) in [5, 5.41) is 0.504. The summed E-state index contributed by atoms with van der Waals surface area (Å²) in [6.45, 7) is 33.8. The number of allylic oxidation sites excluding steroid dienone is 7. The Kier molecular flexibility index (Phi) is 42.9. The molecule has 29 nitrogen and oxygen atoms in total. The maximum Gasteiger partial charge on any atom is 0.333 e. The molecule has 0 aromatic heterocycles. The van der Waals surface area contributed by atoms with Gasteiger partial charge in [-0.15, -0.1) is 5.06 Å². The fraction of sp³-hybridized carbons (Fsp3) is 0.606. The van der Waals surface area contributed by atoms with Crippen LogP contribution < -0.4 is 4.90 Å². The third kappa shape index (κ3) is 30.7. The standard InChI is InChI=1S/C109H150N4O25S/c1-76-26-30-86-88-70-94-96(72-92(88)108(90(86)68-76,40-36-79(4)116)41-37-80(5)117)110(44-19-15-17-22-77(2)114)98(106(94,10)11)32-27-83-74-105(8,9)75-84(28-33-99-107(12,13)95-71-89-87-31-29-85(139(124,125)126)69-91(87)109(42-38-81(6)118,43-39-82(7)119)93(89)73-97(95)111(99)45-20-16-18-23-78(3)115)104(83)112(100(120)24-21-25-103(123)138-113-101(121)34-35-102(113)122)46-47-128-50-51-130-54-55-132-58-59-134-62-63-136-66-67-137-65-64-135-61-60-133-57-56-131-53-52-129-49-48-127-14/h26-33,68-73H,15-25,34-67,74-75H2,1-14H3/p+1. The van der Waals surface area contributed by atoms with E-state index in [1.165, 1.54) is 26.0 Å². The number of rotatable bonds is 67. The molecular weight excluding hydrogens is 1800 g/mol. The van der Waals surface area contributed by atoms with E-state index in [-0.39, 0.29) is 143 Å². The summed E-state index contributed by atoms with van der Waals surface area (Å²) in [6, 6.07) is 20.1. The molecule has 1 saturated heterocycles. The predicted molar refractivity (Wildman–Crippen MR) is 529 cm³/mol. The number of benzene rings is 4. The summed E-state index contributed by atoms with van der Waals surface area (Å²) in [6.07, 6.45) is 16.3. The number of carbonyl (C=O) groups is 10. The van der Waals surface area contributed by atoms with Gasteiger partial charge in [0.25, 0.3) is 21.9 Å². The van der Waals surface area contributed by atoms with Gasteiger partial charge in [0.05, 0.1) is 155 Å². The number of nitrogens with zero attached hydrogens (tertiary/aromatic N) is 4. The van der Waals surface area contributed by atoms with Crippen LogP contribution in [0.1, 0.15) is 270 Å². The van der Waals surface area contributed by atoms with Gasteiger partial charge in [0, 0.05) is 136 Å². The molecule has 1 fully saturated rings. The quantitative estimate of drug-likeness (QED) is 0.0186. The van der Waals surface area contributed by atoms with Crippen molar-refractivity contribution in [3.63, 3.8) is 0 Å². The van der Waals surface area contributed by atoms with E-state index in [0.717, 1.165) is 102 Å². The Morgan fingerprint density at radius 1 is 0.446 bits per heavy atom. The summed E-state index contributed by atoms with van der Waals surface area (Å²) in [4.78, 5) is 143. The van der Waals surface area contributed by atoms with Crippen molar-refractivity contribution in [2.45, 2.75) is 264 Å². The number of Topliss-reactive ketones (excluding diaryl/α,β-unsaturated/α-hetero) is 6. The van der Waals surface area contributed by atoms with Crippen molar-refractivity contribution < 1.29 is 122 Å². The number of unbranched alkanes of at least 4 members (excludes halogenated alkanes) is 4. The third-order valence-corrected chi connectivity index (χ3v) is 28.1. The fourth-order valence-corrected chi connectivity index (χ4v) is 20.6. The SMILES string of the molecule is COCCOCCOCCOCCOCCOCCOCCOCCOCCOCCOCCN(C(=O)CCCC(=O)ON1C(=O)CCC1=O)C1=C(/C=C/C2=[N+](CCCCCC(C)=O)c3cc4c(cc3C2(C)C)-c2ccc(C)cc2C4(CCC(C)=O)CCC(C)=O)CC(C)(C)C/C1=C\C=C1\N(CCCCCC(C)=O)c2cc3c(cc2C1(C)C)-c1ccc(S(=O)(=O)O)cc1C3(CCC(C)=O)CCC(C)=O. The number of anilines is 1. The molecule has 4 aromatic rings. The van der Waals surface area contributed by atoms with Gasteiger partial charge in [0.15, 0.2) is 5.71 Å². The van der Waals surface area contributed by atoms with Gasteiger partial charge in [-0.25, -0.2) is 4.79 Å². The van der Waals surface area contributed by atoms with Crippen molar-refractivity contribution in [2.75, 3.05) is 170 Å². The highest BCUT2D eigenvalue weighted by atomic mass is 32.2. The second kappa shape index (κ2) is 53.3. The summed E-state index contributed by atoms with van der Waals surface area (Å²) in [7, 11) is -3.08. The molecule has 30 heteroatoms. The molecule has 0 radical (unpaired) electrons. The molecule has 6 aliphatic rings. The third-order valence-electron chi connectivity index (χ3n) is 27.2. The first-order chi connectivity index (χ1) is 66.3. The molecule has 3 aliphatic heterocycles. The average molecular weight is 1950 g/mol. The van der Waals surface area contributed by atoms with Crippen LogP contribution in [0.5, 0.6) is 0 Å². The van der Waals surface area contributed by atoms with E-state index in [1.54, 1.807) is 45.8 Å². The van der Waals surface area contributed by atoms with E-state index in [0.29, 0.717) is 212 Å². The van der Waals surface area contributed by atoms with Crippen molar-refractivity contribution in [2.24, 2.45) is 5.41 Å². The first kappa shape index (κ1) is 112. The number of aryl methyl sites for hydroxylation is 1. The first-order valence-corrected chi connectivity index (χ1v) is 51.3. The summed E-state index contributed by atoms with van der Waals surface area (Å²) in [5.41, 5.74) is 12.7. The molecule has 0 bridgehead atoms. The Hall–Kier alpha value is -9.12. The van der Waals surface area contributed by atoms with Crippen LogP contribution in [0.3, 0.4) is 0 Å². The molecule has 0 spiro atoms. The molecule has 10 rings (SSSR count). The zero-order chi connectivity index (χ0) is 101. The predicted octanol–water partition coefficient (Wildman–Crippen LogP) is 16.6. The van der Waals surface area contributed by atoms with Crippen molar-refractivity contribution in [1.29, 1.82) is 0 Å². The Morgan fingerprint density at radius 3 is 1.36 bits per heavy atom. The lowest BCUT2D eigenvalue weighted by atomic mass is 9.70. The van der Waals surface area contributed by atoms with Crippen molar-refractivity contribution in [3.8, 4) is 22.3 Å². The number of ketones is 6. The van der Waals surface area contributed by atoms with Crippen LogP contribution in [0, 0.1) is 12.3 Å². The molecular formula is C109H151N4O25S+. The average Bonchev–Trinajstić information content (AvgIpc) is 1.54. The van der Waals surface area contributed by atoms with Crippen LogP contribution in [-0.4, -0.2) is 257 Å². The van der Waals surface area contributed by atoms with E-state index in [4.69, 9.17) is 56.9 Å². The van der Waals surface area contributed by atoms with Gasteiger partial charge < -0.3 is 95.5 Å². The van der Waals surface area contributed by atoms with Crippen LogP contribution in [0.25, 0.3) is 22.3 Å². The highest BCUT2D eigenvalue weighted by Gasteiger charge is 2.52. The van der Waals surface area contributed by atoms with E-state index in [2.05, 4.69) is 125 Å². The normalized spacial score (nSPS) is 16.8. The van der Waals surface area contributed by atoms with Crippen LogP contribution >= 0.6 is 0 Å². The zero-order valence-electron chi connectivity index (χ0n) is 84.8. The molecule has 139 heavy (non-hydrogen) atoms. The molecule has 3 heterocycles. The number of carbonyl (C=O) groups excluding carboxylic acids is 10. The van der Waals surface area contributed by atoms with Gasteiger partial charge in [-0.2, -0.15) is 13.0 Å². The first-order valence-electron chi connectivity index (χ1n) is 49.8. The van der Waals surface area contributed by atoms with Gasteiger partial charge in [-0.05, 0) is 236 Å². The molecule has 1 N–H and O–H groups in total. The highest BCUT2D eigenvalue weighted by molar-refractivity contribution is 7.85. The molecule has 0 saturated carbocycles. The van der Waals surface area contributed by atoms with Crippen LogP contribution in [0.15, 0.2) is 112 Å². The number of hydrogen-bond donors (Lipinski definition) is 1. The maximum absolute atomic E-state index is 16.1. The monoisotopic (exact) mass is 1950 g/mol. The molecule has 762 valence electrons. The second-order valence-electron chi connectivity index (χ2n) is 39.5. The maximum atomic E-state index is 16.1. The second-order valence-corrected chi connectivity index (χ2v) is 40.9. The van der Waals surface area contributed by atoms with E-state index in [1.807, 2.05) is 0 Å². The Labute approximate surface area is 822 Å². The topological polar surface area (TPSA) is 349 Å². The lowest BCUT2D eigenvalue weighted by Crippen LogP contribution is -2.38. The van der Waals surface area contributed by atoms with Gasteiger partial charge in [-0.1, -0.05) is 76.1 Å². The largest absolute Gasteiger partial charge is 0.382 e. The molecule has 4 aromatic carbocycles. The summed E-state index contributed by atoms with van der Waals surface area (Å²) >= 11 is 0. The molecule has 3 amide bonds. The lowest BCUT2D eigenvalue weighted by Gasteiger charge is -2.39. The van der Waals surface area contributed by atoms with E-state index in [9.17, 15) is 56.1 Å². The number of methoxy groups -OCH3 is 1. The molecule has 0 atom stereocenters. The van der Waals surface area contributed by atoms with Gasteiger partial charge in [0.2, 0.25) is 11.6 Å². The Bertz CT molecular complexity index is 5230. The van der Waals surface area contributed by atoms with Crippen LogP contribution in [0.2, 0.25) is 0 Å². The number of imide groups is 1. The van der Waals surface area contributed by atoms with Crippen LogP contribution in [-0.2, 0) is 137 Å². The zero-order valence-corrected chi connectivity index (χ0v) is 85.6. The van der Waals surface area contributed by atoms with Crippen LogP contribution in [0.4, 0.5) is 11.4 Å². The van der Waals surface area contributed by atoms with Crippen molar-refractivity contribution >= 4 is 85.6 Å². The van der Waals surface area contributed by atoms with Crippen molar-refractivity contribution in [3.05, 3.63) is 146 Å². The Morgan fingerprint density at radius 2 is 0.885 bits per heavy atom. The summed E-state index contributed by atoms with van der Waals surface area (Å²) < 4.78 is 101. The minimum absolute atomic E-state index is 0.0214. The number of amides is 3. The molecule has 0 unspecified atom stereocenters. The highest BCUT2D eigenvalue weighted by Crippen LogP contribution is 2.61. The van der Waals surface area contributed by atoms with Gasteiger partial charge >= 0.3 is 5.97 Å². The molecule has 3 aliphatic carbocycles. The van der Waals surface area contributed by atoms with E-state index >= 15 is 4.79 Å². The smallest absolute Gasteiger partial charge is 0.333 e. The number of fused-ring (bicyclic) bond motifs is 8. The lowest BCUT2D eigenvalue weighted by molar-refractivity contribution is -0.438. The Balaban J connectivity index is 0.994. The number of hydroxylamine groups is 2. The minimum atomic E-state index is -4.71. The van der Waals surface area contributed by atoms with Gasteiger partial charge in [-0.3, -0.25) is 18.9 Å². The minimum Gasteiger partial charge on any atom is -0.382 e. The van der Waals surface area contributed by atoms with E-state index < -0.39 is 55.0 Å². The van der Waals surface area contributed by atoms with Gasteiger partial charge in [0.1, 0.15) is 41.2 Å².